The van der Waals surface area contributed by atoms with Gasteiger partial charge in [0.15, 0.2) is 4.77 Å². The van der Waals surface area contributed by atoms with Crippen LogP contribution in [-0.2, 0) is 6.42 Å². The van der Waals surface area contributed by atoms with Crippen LogP contribution in [0.25, 0.3) is 10.6 Å². The van der Waals surface area contributed by atoms with Crippen molar-refractivity contribution in [2.45, 2.75) is 26.2 Å². The molecule has 0 bridgehead atoms. The second kappa shape index (κ2) is 4.77. The van der Waals surface area contributed by atoms with Gasteiger partial charge in [0.05, 0.1) is 10.6 Å². The summed E-state index contributed by atoms with van der Waals surface area (Å²) in [7, 11) is 0. The molecule has 2 aromatic heterocycles. The average molecular weight is 238 g/mol. The van der Waals surface area contributed by atoms with Crippen LogP contribution < -0.4 is 0 Å². The molecule has 0 aromatic carbocycles. The van der Waals surface area contributed by atoms with Crippen molar-refractivity contribution < 1.29 is 0 Å². The van der Waals surface area contributed by atoms with Crippen LogP contribution in [0.5, 0.6) is 0 Å². The van der Waals surface area contributed by atoms with Crippen molar-refractivity contribution in [1.29, 1.82) is 0 Å². The molecule has 2 heterocycles. The number of hydrogen-bond donors (Lipinski definition) is 2. The van der Waals surface area contributed by atoms with Crippen molar-refractivity contribution in [1.82, 2.24) is 9.97 Å². The van der Waals surface area contributed by atoms with Gasteiger partial charge in [0.2, 0.25) is 0 Å². The van der Waals surface area contributed by atoms with E-state index in [9.17, 15) is 0 Å². The first-order valence-electron chi connectivity index (χ1n) is 5.16. The van der Waals surface area contributed by atoms with Crippen molar-refractivity contribution in [3.05, 3.63) is 28.0 Å². The lowest BCUT2D eigenvalue weighted by atomic mass is 10.2. The Kier molecular flexibility index (Phi) is 3.38. The van der Waals surface area contributed by atoms with E-state index >= 15 is 0 Å². The van der Waals surface area contributed by atoms with Crippen LogP contribution in [0.1, 0.15) is 24.6 Å². The first kappa shape index (κ1) is 10.6. The zero-order valence-electron chi connectivity index (χ0n) is 8.67. The van der Waals surface area contributed by atoms with Crippen molar-refractivity contribution in [2.75, 3.05) is 0 Å². The van der Waals surface area contributed by atoms with Crippen LogP contribution in [0.2, 0.25) is 0 Å². The number of aryl methyl sites for hydroxylation is 1. The summed E-state index contributed by atoms with van der Waals surface area (Å²) in [5.74, 6) is 0. The summed E-state index contributed by atoms with van der Waals surface area (Å²) in [5.41, 5.74) is 1.09. The van der Waals surface area contributed by atoms with Gasteiger partial charge in [0, 0.05) is 11.1 Å². The largest absolute Gasteiger partial charge is 0.337 e. The Bertz CT molecular complexity index is 478. The van der Waals surface area contributed by atoms with Crippen molar-refractivity contribution in [3.63, 3.8) is 0 Å². The highest BCUT2D eigenvalue weighted by molar-refractivity contribution is 7.71. The van der Waals surface area contributed by atoms with Gasteiger partial charge in [0.1, 0.15) is 0 Å². The molecule has 15 heavy (non-hydrogen) atoms. The normalized spacial score (nSPS) is 10.7. The molecular formula is C11H14N2S2. The maximum Gasteiger partial charge on any atom is 0.174 e. The molecular weight excluding hydrogens is 224 g/mol. The fourth-order valence-corrected chi connectivity index (χ4v) is 2.66. The summed E-state index contributed by atoms with van der Waals surface area (Å²) in [6, 6.07) is 4.36. The molecule has 0 saturated heterocycles. The first-order valence-corrected chi connectivity index (χ1v) is 6.39. The first-order chi connectivity index (χ1) is 7.29. The van der Waals surface area contributed by atoms with E-state index in [1.165, 1.54) is 29.0 Å². The predicted molar refractivity (Wildman–Crippen MR) is 67.9 cm³/mol. The number of thiophene rings is 1. The fourth-order valence-electron chi connectivity index (χ4n) is 1.47. The maximum absolute atomic E-state index is 5.00. The Labute approximate surface area is 98.4 Å². The van der Waals surface area contributed by atoms with Gasteiger partial charge in [-0.1, -0.05) is 13.3 Å². The lowest BCUT2D eigenvalue weighted by Crippen LogP contribution is -1.76. The Balaban J connectivity index is 2.16. The van der Waals surface area contributed by atoms with E-state index < -0.39 is 0 Å². The Hall–Kier alpha value is -0.870. The third-order valence-electron chi connectivity index (χ3n) is 2.30. The zero-order chi connectivity index (χ0) is 10.7. The average Bonchev–Trinajstić information content (AvgIpc) is 2.83. The van der Waals surface area contributed by atoms with E-state index in [0.717, 1.165) is 5.69 Å². The molecule has 0 fully saturated rings. The van der Waals surface area contributed by atoms with E-state index in [2.05, 4.69) is 29.0 Å². The molecule has 2 aromatic rings. The highest BCUT2D eigenvalue weighted by Crippen LogP contribution is 2.27. The number of hydrogen-bond acceptors (Lipinski definition) is 2. The molecule has 80 valence electrons. The van der Waals surface area contributed by atoms with Crippen molar-refractivity contribution in [2.24, 2.45) is 0 Å². The van der Waals surface area contributed by atoms with Gasteiger partial charge in [-0.25, -0.2) is 0 Å². The summed E-state index contributed by atoms with van der Waals surface area (Å²) < 4.78 is 0.688. The lowest BCUT2D eigenvalue weighted by molar-refractivity contribution is 0.804. The predicted octanol–water partition coefficient (Wildman–Crippen LogP) is 4.14. The second-order valence-electron chi connectivity index (χ2n) is 3.53. The third kappa shape index (κ3) is 2.58. The molecule has 0 aliphatic heterocycles. The van der Waals surface area contributed by atoms with Crippen molar-refractivity contribution >= 4 is 23.6 Å². The minimum atomic E-state index is 0.688. The topological polar surface area (TPSA) is 31.6 Å². The van der Waals surface area contributed by atoms with Gasteiger partial charge in [-0.3, -0.25) is 0 Å². The summed E-state index contributed by atoms with van der Waals surface area (Å²) in [5, 5.41) is 0. The molecule has 0 aliphatic rings. The number of nitrogens with one attached hydrogen (secondary N) is 2. The van der Waals surface area contributed by atoms with Crippen LogP contribution >= 0.6 is 23.6 Å². The van der Waals surface area contributed by atoms with Crippen LogP contribution in [0, 0.1) is 4.77 Å². The maximum atomic E-state index is 5.00. The molecule has 0 saturated carbocycles. The number of aromatic amines is 2. The van der Waals surface area contributed by atoms with Crippen LogP contribution in [0.3, 0.4) is 0 Å². The quantitative estimate of drug-likeness (QED) is 0.771. The van der Waals surface area contributed by atoms with Gasteiger partial charge in [-0.05, 0) is 37.2 Å². The van der Waals surface area contributed by atoms with Crippen LogP contribution in [0.15, 0.2) is 18.3 Å². The monoisotopic (exact) mass is 238 g/mol. The fraction of sp³-hybridized carbons (Fsp3) is 0.364. The summed E-state index contributed by atoms with van der Waals surface area (Å²) in [6.45, 7) is 2.22. The van der Waals surface area contributed by atoms with E-state index in [4.69, 9.17) is 12.2 Å². The molecule has 0 spiro atoms. The molecule has 0 radical (unpaired) electrons. The van der Waals surface area contributed by atoms with E-state index in [0.29, 0.717) is 4.77 Å². The summed E-state index contributed by atoms with van der Waals surface area (Å²) in [6.07, 6.45) is 5.63. The zero-order valence-corrected chi connectivity index (χ0v) is 10.3. The molecule has 2 N–H and O–H groups in total. The molecule has 0 aliphatic carbocycles. The number of rotatable bonds is 4. The lowest BCUT2D eigenvalue weighted by Gasteiger charge is -1.92. The smallest absolute Gasteiger partial charge is 0.174 e. The number of aromatic nitrogens is 2. The molecule has 2 nitrogen and oxygen atoms in total. The van der Waals surface area contributed by atoms with Crippen LogP contribution in [-0.4, -0.2) is 9.97 Å². The molecule has 0 atom stereocenters. The van der Waals surface area contributed by atoms with Crippen LogP contribution in [0.4, 0.5) is 0 Å². The Morgan fingerprint density at radius 1 is 1.40 bits per heavy atom. The SMILES string of the molecule is CCCCc1ccc(-c2c[nH]c(=S)[nH]2)s1. The molecule has 0 unspecified atom stereocenters. The van der Waals surface area contributed by atoms with E-state index in [1.54, 1.807) is 0 Å². The number of imidazole rings is 1. The second-order valence-corrected chi connectivity index (χ2v) is 5.10. The third-order valence-corrected chi connectivity index (χ3v) is 3.70. The molecule has 2 rings (SSSR count). The number of H-pyrrole nitrogens is 2. The molecule has 0 amide bonds. The van der Waals surface area contributed by atoms with Gasteiger partial charge in [-0.15, -0.1) is 11.3 Å². The van der Waals surface area contributed by atoms with E-state index in [-0.39, 0.29) is 0 Å². The molecule has 4 heteroatoms. The minimum Gasteiger partial charge on any atom is -0.337 e. The Morgan fingerprint density at radius 2 is 2.27 bits per heavy atom. The Morgan fingerprint density at radius 3 is 2.93 bits per heavy atom. The highest BCUT2D eigenvalue weighted by atomic mass is 32.1. The highest BCUT2D eigenvalue weighted by Gasteiger charge is 2.03. The standard InChI is InChI=1S/C11H14N2S2/c1-2-3-4-8-5-6-10(15-8)9-7-12-11(14)13-9/h5-7H,2-4H2,1H3,(H2,12,13,14). The van der Waals surface area contributed by atoms with E-state index in [1.807, 2.05) is 17.5 Å². The minimum absolute atomic E-state index is 0.688. The number of unbranched alkanes of at least 4 members (excludes halogenated alkanes) is 1. The van der Waals surface area contributed by atoms with Gasteiger partial charge in [0.25, 0.3) is 0 Å². The van der Waals surface area contributed by atoms with Crippen molar-refractivity contribution in [3.8, 4) is 10.6 Å². The summed E-state index contributed by atoms with van der Waals surface area (Å²) in [4.78, 5) is 8.83. The van der Waals surface area contributed by atoms with Gasteiger partial charge in [-0.2, -0.15) is 0 Å². The summed E-state index contributed by atoms with van der Waals surface area (Å²) >= 11 is 6.84. The van der Waals surface area contributed by atoms with Gasteiger partial charge < -0.3 is 9.97 Å². The van der Waals surface area contributed by atoms with Gasteiger partial charge >= 0.3 is 0 Å².